The van der Waals surface area contributed by atoms with Crippen LogP contribution in [-0.2, 0) is 10.7 Å². The van der Waals surface area contributed by atoms with Crippen LogP contribution in [0.5, 0.6) is 0 Å². The normalized spacial score (nSPS) is 22.1. The number of alkyl halides is 9. The van der Waals surface area contributed by atoms with E-state index in [4.69, 9.17) is 69.6 Å². The minimum Gasteiger partial charge on any atom is -0.306 e. The Balaban J connectivity index is 2.34. The molecule has 25 heavy (non-hydrogen) atoms. The first kappa shape index (κ1) is 22.2. The van der Waals surface area contributed by atoms with Crippen molar-refractivity contribution in [3.63, 3.8) is 0 Å². The lowest BCUT2D eigenvalue weighted by atomic mass is 10.0. The molecule has 2 rings (SSSR count). The van der Waals surface area contributed by atoms with Crippen molar-refractivity contribution in [3.8, 4) is 0 Å². The first-order valence-corrected chi connectivity index (χ1v) is 11.1. The van der Waals surface area contributed by atoms with Gasteiger partial charge in [-0.2, -0.15) is 13.2 Å². The molecule has 1 saturated heterocycles. The molecule has 12 heteroatoms. The lowest BCUT2D eigenvalue weighted by Crippen LogP contribution is -2.22. The van der Waals surface area contributed by atoms with Crippen molar-refractivity contribution in [2.45, 2.75) is 19.8 Å². The van der Waals surface area contributed by atoms with E-state index >= 15 is 0 Å². The smallest absolute Gasteiger partial charge is 0.306 e. The molecular weight excluding hydrogens is 487 g/mol. The van der Waals surface area contributed by atoms with Gasteiger partial charge in [-0.3, -0.25) is 0 Å². The van der Waals surface area contributed by atoms with Crippen LogP contribution in [0.25, 0.3) is 0 Å². The van der Waals surface area contributed by atoms with Gasteiger partial charge in [0.05, 0.1) is 23.9 Å². The SMILES string of the molecule is O=P(CC(Cl)(Cl)Cl)(CC(Cl)(Cl)Cl)N1CC1c1ccccc1C(F)(F)F. The van der Waals surface area contributed by atoms with E-state index in [1.807, 2.05) is 0 Å². The Kier molecular flexibility index (Phi) is 6.58. The summed E-state index contributed by atoms with van der Waals surface area (Å²) >= 11 is 34.4. The van der Waals surface area contributed by atoms with Crippen LogP contribution < -0.4 is 0 Å². The number of rotatable bonds is 4. The molecule has 0 N–H and O–H groups in total. The van der Waals surface area contributed by atoms with Crippen molar-refractivity contribution in [3.05, 3.63) is 35.4 Å². The van der Waals surface area contributed by atoms with Crippen molar-refractivity contribution in [2.24, 2.45) is 0 Å². The van der Waals surface area contributed by atoms with Crippen LogP contribution in [0.3, 0.4) is 0 Å². The predicted octanol–water partition coefficient (Wildman–Crippen LogP) is 7.08. The maximum Gasteiger partial charge on any atom is 0.416 e. The van der Waals surface area contributed by atoms with Crippen LogP contribution >= 0.6 is 76.9 Å². The summed E-state index contributed by atoms with van der Waals surface area (Å²) in [5, 5.41) is 0. The summed E-state index contributed by atoms with van der Waals surface area (Å²) in [6.45, 7) is 0.0892. The summed E-state index contributed by atoms with van der Waals surface area (Å²) in [4.78, 5) is 0. The van der Waals surface area contributed by atoms with Gasteiger partial charge >= 0.3 is 6.18 Å². The Morgan fingerprint density at radius 3 is 1.92 bits per heavy atom. The van der Waals surface area contributed by atoms with Gasteiger partial charge < -0.3 is 4.57 Å². The topological polar surface area (TPSA) is 20.1 Å². The van der Waals surface area contributed by atoms with E-state index in [9.17, 15) is 17.7 Å². The summed E-state index contributed by atoms with van der Waals surface area (Å²) < 4.78 is 50.4. The molecule has 2 atom stereocenters. The van der Waals surface area contributed by atoms with E-state index in [0.717, 1.165) is 6.07 Å². The fourth-order valence-corrected chi connectivity index (χ4v) is 8.68. The Morgan fingerprint density at radius 1 is 1.00 bits per heavy atom. The van der Waals surface area contributed by atoms with Gasteiger partial charge in [-0.15, -0.1) is 0 Å². The fraction of sp³-hybridized carbons (Fsp3) is 0.538. The first-order chi connectivity index (χ1) is 11.1. The molecule has 1 aliphatic rings. The zero-order valence-electron chi connectivity index (χ0n) is 12.2. The van der Waals surface area contributed by atoms with Crippen LogP contribution in [0, 0.1) is 0 Å². The summed E-state index contributed by atoms with van der Waals surface area (Å²) in [6, 6.07) is 4.28. The molecule has 1 heterocycles. The second-order valence-corrected chi connectivity index (χ2v) is 13.5. The van der Waals surface area contributed by atoms with Crippen molar-refractivity contribution >= 4 is 76.9 Å². The molecule has 2 nitrogen and oxygen atoms in total. The van der Waals surface area contributed by atoms with Crippen molar-refractivity contribution in [1.82, 2.24) is 4.67 Å². The number of hydrogen-bond donors (Lipinski definition) is 0. The largest absolute Gasteiger partial charge is 0.416 e. The molecule has 0 aromatic heterocycles. The predicted molar refractivity (Wildman–Crippen MR) is 98.8 cm³/mol. The molecule has 0 spiro atoms. The van der Waals surface area contributed by atoms with E-state index in [1.54, 1.807) is 0 Å². The average Bonchev–Trinajstić information content (AvgIpc) is 3.13. The van der Waals surface area contributed by atoms with Crippen LogP contribution in [0.2, 0.25) is 0 Å². The molecule has 0 saturated carbocycles. The molecule has 1 aliphatic heterocycles. The monoisotopic (exact) mass is 495 g/mol. The fourth-order valence-electron chi connectivity index (χ4n) is 2.64. The van der Waals surface area contributed by atoms with Gasteiger partial charge in [-0.05, 0) is 11.6 Å². The van der Waals surface area contributed by atoms with E-state index in [2.05, 4.69) is 0 Å². The molecule has 1 fully saturated rings. The van der Waals surface area contributed by atoms with Gasteiger partial charge in [-0.1, -0.05) is 87.8 Å². The third-order valence-corrected chi connectivity index (χ3v) is 8.77. The quantitative estimate of drug-likeness (QED) is 0.251. The van der Waals surface area contributed by atoms with Crippen molar-refractivity contribution in [1.29, 1.82) is 0 Å². The Labute approximate surface area is 172 Å². The maximum absolute atomic E-state index is 13.3. The first-order valence-electron chi connectivity index (χ1n) is 6.77. The highest BCUT2D eigenvalue weighted by atomic mass is 35.6. The standard InChI is InChI=1S/C13H11Cl6F3NOP/c14-11(15,16)6-25(24,7-12(17,18)19)23-5-10(23)8-3-1-2-4-9(8)13(20,21)22/h1-4,10H,5-7H2. The Bertz CT molecular complexity index is 668. The highest BCUT2D eigenvalue weighted by Crippen LogP contribution is 2.67. The van der Waals surface area contributed by atoms with Gasteiger partial charge in [0.25, 0.3) is 0 Å². The summed E-state index contributed by atoms with van der Waals surface area (Å²) in [6.07, 6.45) is -5.42. The molecule has 0 amide bonds. The maximum atomic E-state index is 13.3. The van der Waals surface area contributed by atoms with Crippen LogP contribution in [0.4, 0.5) is 13.2 Å². The number of halogens is 9. The molecule has 1 aromatic rings. The third kappa shape index (κ3) is 6.22. The van der Waals surface area contributed by atoms with Crippen LogP contribution in [-0.4, -0.2) is 31.1 Å². The van der Waals surface area contributed by atoms with Crippen molar-refractivity contribution < 1.29 is 17.7 Å². The van der Waals surface area contributed by atoms with E-state index in [1.165, 1.54) is 22.9 Å². The molecule has 1 aromatic carbocycles. The summed E-state index contributed by atoms with van der Waals surface area (Å²) in [5.74, 6) is 0. The number of nitrogens with zero attached hydrogens (tertiary/aromatic N) is 1. The van der Waals surface area contributed by atoms with Gasteiger partial charge in [0, 0.05) is 6.54 Å². The molecule has 2 unspecified atom stereocenters. The molecule has 0 radical (unpaired) electrons. The zero-order chi connectivity index (χ0) is 19.3. The Morgan fingerprint density at radius 2 is 1.48 bits per heavy atom. The minimum absolute atomic E-state index is 0.0103. The van der Waals surface area contributed by atoms with Crippen molar-refractivity contribution in [2.75, 3.05) is 18.9 Å². The highest BCUT2D eigenvalue weighted by Gasteiger charge is 2.54. The average molecular weight is 498 g/mol. The van der Waals surface area contributed by atoms with Crippen LogP contribution in [0.15, 0.2) is 24.3 Å². The number of hydrogen-bond acceptors (Lipinski definition) is 1. The summed E-state index contributed by atoms with van der Waals surface area (Å²) in [5.41, 5.74) is -0.819. The lowest BCUT2D eigenvalue weighted by molar-refractivity contribution is -0.138. The second kappa shape index (κ2) is 7.40. The van der Waals surface area contributed by atoms with Gasteiger partial charge in [0.15, 0.2) is 14.9 Å². The number of benzene rings is 1. The summed E-state index contributed by atoms with van der Waals surface area (Å²) in [7, 11) is -3.54. The van der Waals surface area contributed by atoms with E-state index in [0.29, 0.717) is 0 Å². The molecule has 0 bridgehead atoms. The van der Waals surface area contributed by atoms with Gasteiger partial charge in [-0.25, -0.2) is 4.67 Å². The molecular formula is C13H11Cl6F3NOP. The molecule has 0 aliphatic carbocycles. The Hall–Kier alpha value is 0.940. The van der Waals surface area contributed by atoms with Gasteiger partial charge in [0.2, 0.25) is 0 Å². The second-order valence-electron chi connectivity index (χ2n) is 5.62. The highest BCUT2D eigenvalue weighted by molar-refractivity contribution is 7.62. The lowest BCUT2D eigenvalue weighted by Gasteiger charge is -2.27. The third-order valence-electron chi connectivity index (χ3n) is 3.53. The van der Waals surface area contributed by atoms with E-state index < -0.39 is 45.0 Å². The molecule has 142 valence electrons. The minimum atomic E-state index is -4.54. The van der Waals surface area contributed by atoms with Crippen LogP contribution in [0.1, 0.15) is 17.2 Å². The van der Waals surface area contributed by atoms with Gasteiger partial charge in [0.1, 0.15) is 0 Å². The zero-order valence-corrected chi connectivity index (χ0v) is 17.6. The van der Waals surface area contributed by atoms with E-state index in [-0.39, 0.29) is 12.1 Å².